The lowest BCUT2D eigenvalue weighted by Gasteiger charge is -2.34. The Morgan fingerprint density at radius 3 is 2.96 bits per heavy atom. The average Bonchev–Trinajstić information content (AvgIpc) is 3.17. The van der Waals surface area contributed by atoms with E-state index < -0.39 is 0 Å². The number of carbonyl (C=O) groups is 1. The second kappa shape index (κ2) is 8.11. The number of rotatable bonds is 6. The van der Waals surface area contributed by atoms with Gasteiger partial charge in [-0.2, -0.15) is 0 Å². The topological polar surface area (TPSA) is 47.4 Å². The van der Waals surface area contributed by atoms with E-state index in [-0.39, 0.29) is 11.8 Å². The fraction of sp³-hybridized carbons (Fsp3) is 0.474. The van der Waals surface area contributed by atoms with Crippen molar-refractivity contribution in [2.45, 2.75) is 32.4 Å². The van der Waals surface area contributed by atoms with E-state index in [0.717, 1.165) is 31.5 Å². The molecule has 1 saturated heterocycles. The van der Waals surface area contributed by atoms with Gasteiger partial charge in [0, 0.05) is 25.5 Å². The third kappa shape index (κ3) is 4.23. The summed E-state index contributed by atoms with van der Waals surface area (Å²) in [6, 6.07) is 10.4. The Labute approximate surface area is 143 Å². The largest absolute Gasteiger partial charge is 0.376 e. The van der Waals surface area contributed by atoms with Gasteiger partial charge in [0.05, 0.1) is 31.5 Å². The highest BCUT2D eigenvalue weighted by molar-refractivity contribution is 5.78. The summed E-state index contributed by atoms with van der Waals surface area (Å²) in [5, 5.41) is 0. The number of ether oxygens (including phenoxy) is 1. The maximum Gasteiger partial charge on any atom is 0.227 e. The highest BCUT2D eigenvalue weighted by Crippen LogP contribution is 2.22. The number of piperidine rings is 1. The van der Waals surface area contributed by atoms with Crippen LogP contribution < -0.4 is 0 Å². The van der Waals surface area contributed by atoms with Crippen LogP contribution >= 0.6 is 0 Å². The van der Waals surface area contributed by atoms with Crippen molar-refractivity contribution in [2.75, 3.05) is 19.7 Å². The van der Waals surface area contributed by atoms with E-state index >= 15 is 0 Å². The standard InChI is InChI=1S/C19H25N3O2/c1-16(13-24-14-17-6-3-2-4-7-17)19(23)21-10-5-8-18(12-21)22-11-9-20-15-22/h2-4,6-7,9,11,15-16,18H,5,8,10,12-14H2,1H3/t16-,18+/m0/s1. The molecule has 2 atom stereocenters. The summed E-state index contributed by atoms with van der Waals surface area (Å²) >= 11 is 0. The summed E-state index contributed by atoms with van der Waals surface area (Å²) in [7, 11) is 0. The van der Waals surface area contributed by atoms with Crippen LogP contribution in [0.2, 0.25) is 0 Å². The Morgan fingerprint density at radius 2 is 2.21 bits per heavy atom. The highest BCUT2D eigenvalue weighted by atomic mass is 16.5. The van der Waals surface area contributed by atoms with Crippen LogP contribution in [0.1, 0.15) is 31.4 Å². The molecule has 1 aromatic heterocycles. The molecule has 0 bridgehead atoms. The monoisotopic (exact) mass is 327 g/mol. The van der Waals surface area contributed by atoms with Crippen molar-refractivity contribution < 1.29 is 9.53 Å². The van der Waals surface area contributed by atoms with Crippen molar-refractivity contribution in [1.29, 1.82) is 0 Å². The van der Waals surface area contributed by atoms with Gasteiger partial charge >= 0.3 is 0 Å². The van der Waals surface area contributed by atoms with E-state index in [9.17, 15) is 4.79 Å². The van der Waals surface area contributed by atoms with E-state index in [1.165, 1.54) is 0 Å². The molecule has 3 rings (SSSR count). The SMILES string of the molecule is C[C@@H](COCc1ccccc1)C(=O)N1CCC[C@@H](n2ccnc2)C1. The van der Waals surface area contributed by atoms with Gasteiger partial charge in [0.1, 0.15) is 0 Å². The van der Waals surface area contributed by atoms with Crippen molar-refractivity contribution in [3.63, 3.8) is 0 Å². The molecule has 0 spiro atoms. The van der Waals surface area contributed by atoms with Crippen LogP contribution in [0.5, 0.6) is 0 Å². The van der Waals surface area contributed by atoms with Crippen LogP contribution in [-0.2, 0) is 16.1 Å². The van der Waals surface area contributed by atoms with E-state index in [1.54, 1.807) is 6.20 Å². The van der Waals surface area contributed by atoms with Gasteiger partial charge in [-0.3, -0.25) is 4.79 Å². The fourth-order valence-corrected chi connectivity index (χ4v) is 3.19. The zero-order chi connectivity index (χ0) is 16.8. The third-order valence-electron chi connectivity index (χ3n) is 4.56. The van der Waals surface area contributed by atoms with Gasteiger partial charge in [-0.1, -0.05) is 37.3 Å². The van der Waals surface area contributed by atoms with Gasteiger partial charge in [0.15, 0.2) is 0 Å². The number of hydrogen-bond acceptors (Lipinski definition) is 3. The molecule has 128 valence electrons. The summed E-state index contributed by atoms with van der Waals surface area (Å²) in [5.41, 5.74) is 1.13. The quantitative estimate of drug-likeness (QED) is 0.819. The van der Waals surface area contributed by atoms with Crippen LogP contribution in [-0.4, -0.2) is 40.1 Å². The van der Waals surface area contributed by atoms with Crippen LogP contribution in [0.3, 0.4) is 0 Å². The first-order valence-electron chi connectivity index (χ1n) is 8.62. The van der Waals surface area contributed by atoms with Crippen molar-refractivity contribution in [3.8, 4) is 0 Å². The molecule has 0 unspecified atom stereocenters. The Bertz CT molecular complexity index is 627. The van der Waals surface area contributed by atoms with Crippen molar-refractivity contribution >= 4 is 5.91 Å². The molecule has 2 heterocycles. The molecule has 5 heteroatoms. The first-order chi connectivity index (χ1) is 11.7. The lowest BCUT2D eigenvalue weighted by atomic mass is 10.0. The van der Waals surface area contributed by atoms with Crippen LogP contribution in [0.15, 0.2) is 49.1 Å². The Balaban J connectivity index is 1.48. The minimum Gasteiger partial charge on any atom is -0.376 e. The molecule has 0 saturated carbocycles. The lowest BCUT2D eigenvalue weighted by molar-refractivity contribution is -0.138. The molecule has 1 aliphatic rings. The minimum atomic E-state index is -0.116. The number of likely N-dealkylation sites (tertiary alicyclic amines) is 1. The van der Waals surface area contributed by atoms with E-state index in [1.807, 2.05) is 54.7 Å². The minimum absolute atomic E-state index is 0.116. The van der Waals surface area contributed by atoms with Gasteiger partial charge in [0.2, 0.25) is 5.91 Å². The summed E-state index contributed by atoms with van der Waals surface area (Å²) in [4.78, 5) is 18.8. The van der Waals surface area contributed by atoms with Crippen LogP contribution in [0, 0.1) is 5.92 Å². The Morgan fingerprint density at radius 1 is 1.38 bits per heavy atom. The van der Waals surface area contributed by atoms with E-state index in [4.69, 9.17) is 4.74 Å². The molecular weight excluding hydrogens is 302 g/mol. The summed E-state index contributed by atoms with van der Waals surface area (Å²) in [5.74, 6) is 0.0723. The molecule has 1 aromatic carbocycles. The molecule has 1 fully saturated rings. The Kier molecular flexibility index (Phi) is 5.64. The van der Waals surface area contributed by atoms with Crippen molar-refractivity contribution in [2.24, 2.45) is 5.92 Å². The second-order valence-corrected chi connectivity index (χ2v) is 6.49. The number of amides is 1. The van der Waals surface area contributed by atoms with Crippen molar-refractivity contribution in [3.05, 3.63) is 54.6 Å². The Hall–Kier alpha value is -2.14. The molecule has 0 radical (unpaired) electrons. The maximum atomic E-state index is 12.7. The first kappa shape index (κ1) is 16.7. The predicted molar refractivity (Wildman–Crippen MR) is 92.3 cm³/mol. The molecule has 24 heavy (non-hydrogen) atoms. The molecule has 1 amide bonds. The summed E-state index contributed by atoms with van der Waals surface area (Å²) < 4.78 is 7.84. The molecular formula is C19H25N3O2. The number of nitrogens with zero attached hydrogens (tertiary/aromatic N) is 3. The molecule has 0 N–H and O–H groups in total. The number of carbonyl (C=O) groups excluding carboxylic acids is 1. The number of aromatic nitrogens is 2. The predicted octanol–water partition coefficient (Wildman–Crippen LogP) is 2.90. The van der Waals surface area contributed by atoms with Crippen molar-refractivity contribution in [1.82, 2.24) is 14.5 Å². The van der Waals surface area contributed by atoms with Crippen LogP contribution in [0.25, 0.3) is 0 Å². The number of hydrogen-bond donors (Lipinski definition) is 0. The normalized spacial score (nSPS) is 19.2. The molecule has 2 aromatic rings. The average molecular weight is 327 g/mol. The third-order valence-corrected chi connectivity index (χ3v) is 4.56. The van der Waals surface area contributed by atoms with Gasteiger partial charge in [-0.25, -0.2) is 4.98 Å². The lowest BCUT2D eigenvalue weighted by Crippen LogP contribution is -2.43. The van der Waals surface area contributed by atoms with Gasteiger partial charge < -0.3 is 14.2 Å². The van der Waals surface area contributed by atoms with Gasteiger partial charge in [0.25, 0.3) is 0 Å². The maximum absolute atomic E-state index is 12.7. The fourth-order valence-electron chi connectivity index (χ4n) is 3.19. The zero-order valence-corrected chi connectivity index (χ0v) is 14.2. The molecule has 1 aliphatic heterocycles. The van der Waals surface area contributed by atoms with Gasteiger partial charge in [-0.15, -0.1) is 0 Å². The number of imidazole rings is 1. The van der Waals surface area contributed by atoms with Crippen LogP contribution in [0.4, 0.5) is 0 Å². The first-order valence-corrected chi connectivity index (χ1v) is 8.62. The molecule has 5 nitrogen and oxygen atoms in total. The summed E-state index contributed by atoms with van der Waals surface area (Å²) in [6.07, 6.45) is 7.74. The van der Waals surface area contributed by atoms with E-state index in [0.29, 0.717) is 19.3 Å². The second-order valence-electron chi connectivity index (χ2n) is 6.49. The number of benzene rings is 1. The summed E-state index contributed by atoms with van der Waals surface area (Å²) in [6.45, 7) is 4.57. The molecule has 0 aliphatic carbocycles. The highest BCUT2D eigenvalue weighted by Gasteiger charge is 2.27. The van der Waals surface area contributed by atoms with Gasteiger partial charge in [-0.05, 0) is 18.4 Å². The zero-order valence-electron chi connectivity index (χ0n) is 14.2. The van der Waals surface area contributed by atoms with E-state index in [2.05, 4.69) is 9.55 Å². The smallest absolute Gasteiger partial charge is 0.227 e.